The highest BCUT2D eigenvalue weighted by atomic mass is 127. The van der Waals surface area contributed by atoms with Crippen molar-refractivity contribution >= 4 is 69.1 Å². The fraction of sp³-hybridized carbons (Fsp3) is 0.118. The van der Waals surface area contributed by atoms with Crippen LogP contribution >= 0.6 is 45.2 Å². The van der Waals surface area contributed by atoms with Crippen molar-refractivity contribution in [1.29, 1.82) is 0 Å². The van der Waals surface area contributed by atoms with Crippen LogP contribution in [-0.2, 0) is 19.1 Å². The molecule has 1 aliphatic rings. The van der Waals surface area contributed by atoms with Crippen LogP contribution in [0.1, 0.15) is 11.3 Å². The van der Waals surface area contributed by atoms with Gasteiger partial charge in [-0.25, -0.2) is 14.6 Å². The molecule has 0 aliphatic carbocycles. The number of cyclic esters (lactones) is 1. The lowest BCUT2D eigenvalue weighted by Crippen LogP contribution is -2.13. The number of hydrogen-bond acceptors (Lipinski definition) is 7. The summed E-state index contributed by atoms with van der Waals surface area (Å²) in [4.78, 5) is 27.4. The SMILES string of the molecule is COC(=O)COc1c(I)cc(/C=C2\N=C(c3ccco3)OC2=O)cc1I. The minimum atomic E-state index is -0.549. The van der Waals surface area contributed by atoms with Crippen molar-refractivity contribution in [2.24, 2.45) is 4.99 Å². The van der Waals surface area contributed by atoms with Gasteiger partial charge >= 0.3 is 11.9 Å². The Morgan fingerprint density at radius 3 is 2.65 bits per heavy atom. The second-order valence-corrected chi connectivity index (χ2v) is 7.32. The quantitative estimate of drug-likeness (QED) is 0.307. The summed E-state index contributed by atoms with van der Waals surface area (Å²) in [7, 11) is 1.30. The molecule has 1 aromatic heterocycles. The number of carbonyl (C=O) groups excluding carboxylic acids is 2. The molecule has 0 spiro atoms. The van der Waals surface area contributed by atoms with E-state index in [9.17, 15) is 9.59 Å². The number of ether oxygens (including phenoxy) is 3. The van der Waals surface area contributed by atoms with E-state index in [1.807, 2.05) is 12.1 Å². The van der Waals surface area contributed by atoms with Crippen molar-refractivity contribution in [3.63, 3.8) is 0 Å². The summed E-state index contributed by atoms with van der Waals surface area (Å²) in [5, 5.41) is 0. The molecule has 3 rings (SSSR count). The Morgan fingerprint density at radius 1 is 1.31 bits per heavy atom. The second-order valence-electron chi connectivity index (χ2n) is 4.99. The molecule has 26 heavy (non-hydrogen) atoms. The maximum atomic E-state index is 12.0. The van der Waals surface area contributed by atoms with E-state index >= 15 is 0 Å². The molecule has 0 N–H and O–H groups in total. The molecule has 0 saturated carbocycles. The van der Waals surface area contributed by atoms with Gasteiger partial charge in [0.15, 0.2) is 18.1 Å². The third-order valence-corrected chi connectivity index (χ3v) is 4.84. The highest BCUT2D eigenvalue weighted by Crippen LogP contribution is 2.30. The standard InChI is InChI=1S/C17H11I2NO6/c1-23-14(21)8-25-15-10(18)5-9(6-11(15)19)7-12-17(22)26-16(20-12)13-3-2-4-24-13/h2-7H,8H2,1H3/b12-7-. The summed E-state index contributed by atoms with van der Waals surface area (Å²) in [6.07, 6.45) is 3.10. The van der Waals surface area contributed by atoms with Crippen molar-refractivity contribution in [3.8, 4) is 5.75 Å². The van der Waals surface area contributed by atoms with Crippen molar-refractivity contribution in [3.05, 3.63) is 54.7 Å². The molecule has 0 amide bonds. The lowest BCUT2D eigenvalue weighted by Gasteiger charge is -2.10. The van der Waals surface area contributed by atoms with Crippen LogP contribution in [-0.4, -0.2) is 31.6 Å². The lowest BCUT2D eigenvalue weighted by atomic mass is 10.2. The van der Waals surface area contributed by atoms with E-state index in [2.05, 4.69) is 54.9 Å². The molecule has 2 heterocycles. The molecular weight excluding hydrogens is 568 g/mol. The maximum absolute atomic E-state index is 12.0. The summed E-state index contributed by atoms with van der Waals surface area (Å²) in [6.45, 7) is -0.175. The molecule has 0 fully saturated rings. The predicted molar refractivity (Wildman–Crippen MR) is 109 cm³/mol. The van der Waals surface area contributed by atoms with E-state index < -0.39 is 11.9 Å². The van der Waals surface area contributed by atoms with Crippen LogP contribution in [0.4, 0.5) is 0 Å². The van der Waals surface area contributed by atoms with Gasteiger partial charge in [-0.1, -0.05) is 0 Å². The summed E-state index contributed by atoms with van der Waals surface area (Å²) in [5.41, 5.74) is 0.923. The summed E-state index contributed by atoms with van der Waals surface area (Å²) >= 11 is 4.19. The van der Waals surface area contributed by atoms with E-state index in [0.717, 1.165) is 12.7 Å². The Morgan fingerprint density at radius 2 is 2.04 bits per heavy atom. The van der Waals surface area contributed by atoms with E-state index in [-0.39, 0.29) is 18.2 Å². The molecule has 9 heteroatoms. The van der Waals surface area contributed by atoms with Gasteiger partial charge in [0.25, 0.3) is 5.90 Å². The number of benzene rings is 1. The molecule has 7 nitrogen and oxygen atoms in total. The minimum Gasteiger partial charge on any atom is -0.480 e. The van der Waals surface area contributed by atoms with Crippen molar-refractivity contribution in [2.45, 2.75) is 0 Å². The van der Waals surface area contributed by atoms with Gasteiger partial charge < -0.3 is 18.6 Å². The Hall–Kier alpha value is -1.89. The highest BCUT2D eigenvalue weighted by molar-refractivity contribution is 14.1. The van der Waals surface area contributed by atoms with Gasteiger partial charge in [0.05, 0.1) is 20.5 Å². The second kappa shape index (κ2) is 8.20. The third kappa shape index (κ3) is 4.26. The molecule has 1 aromatic carbocycles. The van der Waals surface area contributed by atoms with Crippen LogP contribution in [0.5, 0.6) is 5.75 Å². The number of esters is 2. The van der Waals surface area contributed by atoms with Gasteiger partial charge in [-0.15, -0.1) is 0 Å². The number of aliphatic imine (C=N–C) groups is 1. The van der Waals surface area contributed by atoms with E-state index in [0.29, 0.717) is 11.5 Å². The largest absolute Gasteiger partial charge is 0.480 e. The van der Waals surface area contributed by atoms with Crippen molar-refractivity contribution < 1.29 is 28.2 Å². The van der Waals surface area contributed by atoms with Crippen LogP contribution in [0.2, 0.25) is 0 Å². The highest BCUT2D eigenvalue weighted by Gasteiger charge is 2.26. The van der Waals surface area contributed by atoms with Gasteiger partial charge in [0.2, 0.25) is 0 Å². The first kappa shape index (κ1) is 18.9. The van der Waals surface area contributed by atoms with Crippen molar-refractivity contribution in [2.75, 3.05) is 13.7 Å². The van der Waals surface area contributed by atoms with Crippen LogP contribution in [0.25, 0.3) is 6.08 Å². The van der Waals surface area contributed by atoms with Crippen LogP contribution in [0.3, 0.4) is 0 Å². The van der Waals surface area contributed by atoms with Crippen molar-refractivity contribution in [1.82, 2.24) is 0 Å². The normalized spacial score (nSPS) is 15.0. The molecule has 2 aromatic rings. The molecule has 0 unspecified atom stereocenters. The topological polar surface area (TPSA) is 87.3 Å². The molecular formula is C17H11I2NO6. The predicted octanol–water partition coefficient (Wildman–Crippen LogP) is 3.39. The van der Waals surface area contributed by atoms with Crippen LogP contribution < -0.4 is 4.74 Å². The van der Waals surface area contributed by atoms with Gasteiger partial charge in [-0.3, -0.25) is 0 Å². The molecule has 0 bridgehead atoms. The average molecular weight is 579 g/mol. The van der Waals surface area contributed by atoms with E-state index in [4.69, 9.17) is 13.9 Å². The number of hydrogen-bond donors (Lipinski definition) is 0. The van der Waals surface area contributed by atoms with E-state index in [1.165, 1.54) is 13.4 Å². The van der Waals surface area contributed by atoms with Gasteiger partial charge in [-0.2, -0.15) is 0 Å². The Bertz CT molecular complexity index is 894. The molecule has 0 radical (unpaired) electrons. The Kier molecular flexibility index (Phi) is 5.96. The Balaban J connectivity index is 1.85. The summed E-state index contributed by atoms with van der Waals surface area (Å²) in [5.74, 6) is 0.0855. The first-order valence-corrected chi connectivity index (χ1v) is 9.39. The monoisotopic (exact) mass is 579 g/mol. The number of nitrogens with zero attached hydrogens (tertiary/aromatic N) is 1. The fourth-order valence-electron chi connectivity index (χ4n) is 2.06. The van der Waals surface area contributed by atoms with Gasteiger partial charge in [0, 0.05) is 0 Å². The zero-order valence-electron chi connectivity index (χ0n) is 13.3. The van der Waals surface area contributed by atoms with Gasteiger partial charge in [-0.05, 0) is 81.1 Å². The van der Waals surface area contributed by atoms with E-state index in [1.54, 1.807) is 18.2 Å². The number of rotatable bonds is 5. The molecule has 134 valence electrons. The smallest absolute Gasteiger partial charge is 0.363 e. The zero-order valence-corrected chi connectivity index (χ0v) is 17.6. The van der Waals surface area contributed by atoms with Crippen LogP contribution in [0, 0.1) is 7.14 Å². The maximum Gasteiger partial charge on any atom is 0.363 e. The van der Waals surface area contributed by atoms with Crippen LogP contribution in [0.15, 0.2) is 45.6 Å². The zero-order chi connectivity index (χ0) is 18.7. The Labute approximate surface area is 175 Å². The van der Waals surface area contributed by atoms with Gasteiger partial charge in [0.1, 0.15) is 5.75 Å². The summed E-state index contributed by atoms with van der Waals surface area (Å²) in [6, 6.07) is 6.98. The molecule has 1 aliphatic heterocycles. The first-order chi connectivity index (χ1) is 12.5. The minimum absolute atomic E-state index is 0.133. The molecule has 0 atom stereocenters. The lowest BCUT2D eigenvalue weighted by molar-refractivity contribution is -0.143. The average Bonchev–Trinajstić information content (AvgIpc) is 3.24. The summed E-state index contributed by atoms with van der Waals surface area (Å²) < 4.78 is 21.9. The molecule has 0 saturated heterocycles. The number of furan rings is 1. The number of halogens is 2. The third-order valence-electron chi connectivity index (χ3n) is 3.24. The number of methoxy groups -OCH3 is 1. The fourth-order valence-corrected chi connectivity index (χ4v) is 4.19. The first-order valence-electron chi connectivity index (χ1n) is 7.23. The number of carbonyl (C=O) groups is 2.